The van der Waals surface area contributed by atoms with Gasteiger partial charge in [-0.25, -0.2) is 19.9 Å². The number of nitrogens with zero attached hydrogens (tertiary/aromatic N) is 5. The van der Waals surface area contributed by atoms with E-state index >= 15 is 0 Å². The van der Waals surface area contributed by atoms with Crippen LogP contribution < -0.4 is 0 Å². The molecule has 0 aliphatic rings. The third kappa shape index (κ3) is 6.16. The molecule has 12 rings (SSSR count). The third-order valence-corrected chi connectivity index (χ3v) is 12.8. The Morgan fingerprint density at radius 3 is 1.55 bits per heavy atom. The molecule has 0 radical (unpaired) electrons. The number of thiophene rings is 1. The van der Waals surface area contributed by atoms with Crippen LogP contribution in [-0.2, 0) is 0 Å². The van der Waals surface area contributed by atoms with E-state index in [1.54, 1.807) is 0 Å². The van der Waals surface area contributed by atoms with Crippen molar-refractivity contribution in [1.29, 1.82) is 0 Å². The van der Waals surface area contributed by atoms with Crippen LogP contribution in [0.25, 0.3) is 115 Å². The molecule has 0 saturated carbocycles. The Bertz CT molecular complexity index is 3560. The van der Waals surface area contributed by atoms with Gasteiger partial charge >= 0.3 is 0 Å². The molecule has 0 bridgehead atoms. The predicted molar refractivity (Wildman–Crippen MR) is 257 cm³/mol. The van der Waals surface area contributed by atoms with Gasteiger partial charge in [-0.15, -0.1) is 11.3 Å². The summed E-state index contributed by atoms with van der Waals surface area (Å²) in [6.45, 7) is 0. The van der Waals surface area contributed by atoms with Crippen molar-refractivity contribution in [3.63, 3.8) is 0 Å². The van der Waals surface area contributed by atoms with E-state index in [9.17, 15) is 0 Å². The van der Waals surface area contributed by atoms with Crippen LogP contribution in [0.3, 0.4) is 0 Å². The molecule has 5 nitrogen and oxygen atoms in total. The van der Waals surface area contributed by atoms with Crippen LogP contribution >= 0.6 is 11.3 Å². The lowest BCUT2D eigenvalue weighted by atomic mass is 9.91. The summed E-state index contributed by atoms with van der Waals surface area (Å²) in [5, 5.41) is 4.86. The maximum absolute atomic E-state index is 5.45. The molecule has 0 aliphatic heterocycles. The van der Waals surface area contributed by atoms with E-state index in [0.717, 1.165) is 61.2 Å². The van der Waals surface area contributed by atoms with Gasteiger partial charge in [-0.05, 0) is 64.2 Å². The Hall–Kier alpha value is -8.06. The number of aromatic nitrogens is 5. The van der Waals surface area contributed by atoms with E-state index in [1.807, 2.05) is 78.2 Å². The van der Waals surface area contributed by atoms with Crippen LogP contribution in [0.1, 0.15) is 0 Å². The molecule has 12 aromatic rings. The van der Waals surface area contributed by atoms with E-state index in [4.69, 9.17) is 19.9 Å². The zero-order valence-corrected chi connectivity index (χ0v) is 34.2. The highest BCUT2D eigenvalue weighted by molar-refractivity contribution is 7.25. The summed E-state index contributed by atoms with van der Waals surface area (Å²) >= 11 is 1.82. The zero-order valence-electron chi connectivity index (χ0n) is 33.4. The zero-order chi connectivity index (χ0) is 41.0. The van der Waals surface area contributed by atoms with Gasteiger partial charge in [0.15, 0.2) is 17.5 Å². The summed E-state index contributed by atoms with van der Waals surface area (Å²) in [7, 11) is 0. The van der Waals surface area contributed by atoms with Crippen molar-refractivity contribution in [1.82, 2.24) is 24.5 Å². The van der Waals surface area contributed by atoms with Gasteiger partial charge in [0.25, 0.3) is 0 Å². The average Bonchev–Trinajstić information content (AvgIpc) is 3.88. The van der Waals surface area contributed by atoms with Gasteiger partial charge in [-0.1, -0.05) is 170 Å². The first-order valence-electron chi connectivity index (χ1n) is 20.7. The monoisotopic (exact) mass is 809 g/mol. The Kier molecular flexibility index (Phi) is 8.61. The fraction of sp³-hybridized carbons (Fsp3) is 0. The number of hydrogen-bond acceptors (Lipinski definition) is 5. The van der Waals surface area contributed by atoms with Crippen LogP contribution in [0, 0.1) is 0 Å². The number of pyridine rings is 1. The Morgan fingerprint density at radius 2 is 0.871 bits per heavy atom. The lowest BCUT2D eigenvalue weighted by molar-refractivity contribution is 1.04. The largest absolute Gasteiger partial charge is 0.293 e. The van der Waals surface area contributed by atoms with E-state index in [0.29, 0.717) is 17.5 Å². The third-order valence-electron chi connectivity index (χ3n) is 11.7. The highest BCUT2D eigenvalue weighted by Gasteiger charge is 2.23. The number of rotatable bonds is 7. The van der Waals surface area contributed by atoms with Crippen molar-refractivity contribution in [3.8, 4) is 73.4 Å². The van der Waals surface area contributed by atoms with Gasteiger partial charge in [-0.2, -0.15) is 0 Å². The fourth-order valence-electron chi connectivity index (χ4n) is 8.75. The minimum atomic E-state index is 0.542. The Labute approximate surface area is 361 Å². The van der Waals surface area contributed by atoms with Crippen molar-refractivity contribution >= 4 is 53.3 Å². The van der Waals surface area contributed by atoms with E-state index in [2.05, 4.69) is 150 Å². The van der Waals surface area contributed by atoms with E-state index in [-0.39, 0.29) is 0 Å². The summed E-state index contributed by atoms with van der Waals surface area (Å²) in [6.07, 6.45) is 2.00. The van der Waals surface area contributed by atoms with Crippen LogP contribution in [-0.4, -0.2) is 24.5 Å². The van der Waals surface area contributed by atoms with Gasteiger partial charge < -0.3 is 0 Å². The van der Waals surface area contributed by atoms with Crippen molar-refractivity contribution < 1.29 is 0 Å². The van der Waals surface area contributed by atoms with Gasteiger partial charge in [-0.3, -0.25) is 4.57 Å². The molecule has 62 heavy (non-hydrogen) atoms. The molecule has 6 heteroatoms. The molecular formula is C56H35N5S. The number of fused-ring (bicyclic) bond motifs is 6. The molecule has 0 atom stereocenters. The van der Waals surface area contributed by atoms with Crippen molar-refractivity contribution in [2.75, 3.05) is 0 Å². The molecule has 4 aromatic heterocycles. The molecule has 0 saturated heterocycles. The summed E-state index contributed by atoms with van der Waals surface area (Å²) in [4.78, 5) is 21.1. The molecule has 0 spiro atoms. The van der Waals surface area contributed by atoms with Gasteiger partial charge in [0.05, 0.1) is 16.6 Å². The summed E-state index contributed by atoms with van der Waals surface area (Å²) in [5.74, 6) is 2.48. The molecule has 0 amide bonds. The molecule has 0 N–H and O–H groups in total. The number of para-hydroxylation sites is 1. The van der Waals surface area contributed by atoms with Crippen molar-refractivity contribution in [2.24, 2.45) is 0 Å². The lowest BCUT2D eigenvalue weighted by Gasteiger charge is -2.16. The Morgan fingerprint density at radius 1 is 0.323 bits per heavy atom. The van der Waals surface area contributed by atoms with Crippen LogP contribution in [0.5, 0.6) is 0 Å². The molecule has 4 heterocycles. The smallest absolute Gasteiger partial charge is 0.167 e. The summed E-state index contributed by atoms with van der Waals surface area (Å²) in [6, 6.07) is 72.4. The average molecular weight is 810 g/mol. The number of benzene rings is 8. The molecule has 0 unspecified atom stereocenters. The summed E-state index contributed by atoms with van der Waals surface area (Å²) in [5.41, 5.74) is 11.4. The molecule has 0 fully saturated rings. The fourth-order valence-corrected chi connectivity index (χ4v) is 9.87. The second kappa shape index (κ2) is 14.9. The quantitative estimate of drug-likeness (QED) is 0.161. The normalized spacial score (nSPS) is 11.5. The van der Waals surface area contributed by atoms with Gasteiger partial charge in [0.2, 0.25) is 0 Å². The highest BCUT2D eigenvalue weighted by Crippen LogP contribution is 2.43. The molecule has 0 aliphatic carbocycles. The number of hydrogen-bond donors (Lipinski definition) is 0. The lowest BCUT2D eigenvalue weighted by Crippen LogP contribution is -2.05. The highest BCUT2D eigenvalue weighted by atomic mass is 32.1. The van der Waals surface area contributed by atoms with Crippen molar-refractivity contribution in [2.45, 2.75) is 0 Å². The Balaban J connectivity index is 1.15. The molecule has 290 valence electrons. The second-order valence-electron chi connectivity index (χ2n) is 15.4. The van der Waals surface area contributed by atoms with E-state index < -0.39 is 0 Å². The van der Waals surface area contributed by atoms with Crippen LogP contribution in [0.15, 0.2) is 212 Å². The molecular weight excluding hydrogens is 775 g/mol. The van der Waals surface area contributed by atoms with Crippen LogP contribution in [0.2, 0.25) is 0 Å². The first kappa shape index (κ1) is 35.8. The first-order valence-corrected chi connectivity index (χ1v) is 21.5. The first-order chi connectivity index (χ1) is 30.7. The van der Waals surface area contributed by atoms with E-state index in [1.165, 1.54) is 36.7 Å². The predicted octanol–water partition coefficient (Wildman–Crippen LogP) is 14.7. The van der Waals surface area contributed by atoms with Crippen molar-refractivity contribution in [3.05, 3.63) is 212 Å². The van der Waals surface area contributed by atoms with Gasteiger partial charge in [0.1, 0.15) is 5.82 Å². The minimum Gasteiger partial charge on any atom is -0.293 e. The van der Waals surface area contributed by atoms with Crippen LogP contribution in [0.4, 0.5) is 0 Å². The topological polar surface area (TPSA) is 56.5 Å². The SMILES string of the molecule is c1ccc(-c2nc(-c3ccccc3)nc(-c3cc(-c4ccc(-c5ccccc5)c(-c5ccccc5)c4)cnc3-n3c4ccccc4c4cc5c(cc43)sc3ccccc35)n2)cc1. The van der Waals surface area contributed by atoms with Gasteiger partial charge in [0, 0.05) is 53.8 Å². The maximum atomic E-state index is 5.45. The molecule has 8 aromatic carbocycles. The summed E-state index contributed by atoms with van der Waals surface area (Å²) < 4.78 is 4.80. The minimum absolute atomic E-state index is 0.542. The standard InChI is InChI=1S/C56H35N5S/c1-5-17-36(18-6-1)42-30-29-40(31-45(42)37-19-7-2-8-20-37)41-32-48(55-59-53(38-21-9-3-10-22-38)58-54(60-55)39-23-11-4-12-24-39)56(57-35-41)61-49-27-15-13-25-43(49)46-33-47-44-26-14-16-28-51(44)62-52(47)34-50(46)61/h1-35H. The second-order valence-corrected chi connectivity index (χ2v) is 16.5. The maximum Gasteiger partial charge on any atom is 0.167 e.